The Morgan fingerprint density at radius 3 is 2.71 bits per heavy atom. The van der Waals surface area contributed by atoms with E-state index in [0.717, 1.165) is 17.7 Å². The van der Waals surface area contributed by atoms with Gasteiger partial charge in [-0.05, 0) is 36.6 Å². The monoisotopic (exact) mass is 229 g/mol. The number of hydrogen-bond acceptors (Lipinski definition) is 3. The molecule has 2 rings (SSSR count). The highest BCUT2D eigenvalue weighted by molar-refractivity contribution is 5.95. The molecule has 0 aliphatic rings. The van der Waals surface area contributed by atoms with Crippen molar-refractivity contribution in [1.29, 1.82) is 0 Å². The van der Waals surface area contributed by atoms with Crippen LogP contribution in [-0.4, -0.2) is 10.8 Å². The van der Waals surface area contributed by atoms with Crippen molar-refractivity contribution in [3.05, 3.63) is 53.2 Å². The average Bonchev–Trinajstić information content (AvgIpc) is 2.76. The van der Waals surface area contributed by atoms with Gasteiger partial charge in [0.05, 0.1) is 12.7 Å². The summed E-state index contributed by atoms with van der Waals surface area (Å²) in [4.78, 5) is 16.2. The van der Waals surface area contributed by atoms with Crippen molar-refractivity contribution in [1.82, 2.24) is 4.98 Å². The smallest absolute Gasteiger partial charge is 0.204 e. The predicted molar refractivity (Wildman–Crippen MR) is 65.1 cm³/mol. The zero-order chi connectivity index (χ0) is 12.3. The number of carbonyl (C=O) groups is 1. The van der Waals surface area contributed by atoms with Gasteiger partial charge in [-0.25, -0.2) is 0 Å². The molecule has 2 aromatic heterocycles. The standard InChI is InChI=1S/C14H15NO2/c1-3-11-4-5-12(15-9-11)8-13(16)14-10(2)6-7-17-14/h4-7,9H,3,8H2,1-2H3. The highest BCUT2D eigenvalue weighted by Gasteiger charge is 2.13. The van der Waals surface area contributed by atoms with Crippen LogP contribution in [0.2, 0.25) is 0 Å². The number of furan rings is 1. The molecule has 0 saturated heterocycles. The van der Waals surface area contributed by atoms with Crippen LogP contribution < -0.4 is 0 Å². The maximum atomic E-state index is 11.9. The Morgan fingerprint density at radius 1 is 1.35 bits per heavy atom. The van der Waals surface area contributed by atoms with Gasteiger partial charge < -0.3 is 4.42 Å². The Bertz CT molecular complexity index is 511. The first-order valence-electron chi connectivity index (χ1n) is 5.71. The molecule has 17 heavy (non-hydrogen) atoms. The Labute approximate surface area is 100 Å². The lowest BCUT2D eigenvalue weighted by Gasteiger charge is -2.01. The quantitative estimate of drug-likeness (QED) is 0.757. The first kappa shape index (κ1) is 11.6. The second-order valence-electron chi connectivity index (χ2n) is 4.04. The maximum absolute atomic E-state index is 11.9. The van der Waals surface area contributed by atoms with Crippen molar-refractivity contribution in [2.75, 3.05) is 0 Å². The summed E-state index contributed by atoms with van der Waals surface area (Å²) >= 11 is 0. The van der Waals surface area contributed by atoms with Crippen LogP contribution >= 0.6 is 0 Å². The van der Waals surface area contributed by atoms with E-state index in [2.05, 4.69) is 11.9 Å². The minimum absolute atomic E-state index is 0.0238. The highest BCUT2D eigenvalue weighted by Crippen LogP contribution is 2.12. The third kappa shape index (κ3) is 2.61. The van der Waals surface area contributed by atoms with Gasteiger partial charge in [-0.15, -0.1) is 0 Å². The summed E-state index contributed by atoms with van der Waals surface area (Å²) < 4.78 is 5.17. The van der Waals surface area contributed by atoms with Crippen molar-refractivity contribution in [3.63, 3.8) is 0 Å². The maximum Gasteiger partial charge on any atom is 0.204 e. The molecule has 2 heterocycles. The Kier molecular flexibility index (Phi) is 3.38. The largest absolute Gasteiger partial charge is 0.461 e. The zero-order valence-electron chi connectivity index (χ0n) is 10.1. The Hall–Kier alpha value is -1.90. The molecule has 0 aromatic carbocycles. The lowest BCUT2D eigenvalue weighted by atomic mass is 10.1. The van der Waals surface area contributed by atoms with Gasteiger partial charge in [-0.2, -0.15) is 0 Å². The number of ketones is 1. The van der Waals surface area contributed by atoms with Gasteiger partial charge in [0.1, 0.15) is 0 Å². The van der Waals surface area contributed by atoms with E-state index < -0.39 is 0 Å². The normalized spacial score (nSPS) is 10.5. The van der Waals surface area contributed by atoms with Crippen LogP contribution in [0.25, 0.3) is 0 Å². The molecule has 2 aromatic rings. The minimum Gasteiger partial charge on any atom is -0.461 e. The van der Waals surface area contributed by atoms with Crippen LogP contribution in [0.5, 0.6) is 0 Å². The number of aryl methyl sites for hydroxylation is 2. The van der Waals surface area contributed by atoms with Gasteiger partial charge in [0.25, 0.3) is 0 Å². The van der Waals surface area contributed by atoms with Gasteiger partial charge in [-0.1, -0.05) is 13.0 Å². The number of nitrogens with zero attached hydrogens (tertiary/aromatic N) is 1. The van der Waals surface area contributed by atoms with Gasteiger partial charge >= 0.3 is 0 Å². The van der Waals surface area contributed by atoms with E-state index in [-0.39, 0.29) is 5.78 Å². The Balaban J connectivity index is 2.10. The van der Waals surface area contributed by atoms with Crippen molar-refractivity contribution >= 4 is 5.78 Å². The Morgan fingerprint density at radius 2 is 2.18 bits per heavy atom. The molecular weight excluding hydrogens is 214 g/mol. The molecule has 0 fully saturated rings. The number of hydrogen-bond donors (Lipinski definition) is 0. The number of Topliss-reactive ketones (excluding diaryl/α,β-unsaturated/α-hetero) is 1. The van der Waals surface area contributed by atoms with Crippen molar-refractivity contribution < 1.29 is 9.21 Å². The molecule has 0 amide bonds. The molecule has 88 valence electrons. The number of aromatic nitrogens is 1. The van der Waals surface area contributed by atoms with Crippen LogP contribution in [0.3, 0.4) is 0 Å². The second-order valence-corrected chi connectivity index (χ2v) is 4.04. The van der Waals surface area contributed by atoms with E-state index in [1.54, 1.807) is 6.07 Å². The van der Waals surface area contributed by atoms with Gasteiger partial charge in [0, 0.05) is 11.9 Å². The summed E-state index contributed by atoms with van der Waals surface area (Å²) in [5, 5.41) is 0. The molecule has 0 aliphatic heterocycles. The third-order valence-electron chi connectivity index (χ3n) is 2.75. The number of pyridine rings is 1. The van der Waals surface area contributed by atoms with Gasteiger partial charge in [0.15, 0.2) is 5.76 Å². The first-order chi connectivity index (χ1) is 8.20. The van der Waals surface area contributed by atoms with Crippen LogP contribution in [0, 0.1) is 6.92 Å². The summed E-state index contributed by atoms with van der Waals surface area (Å²) in [7, 11) is 0. The number of rotatable bonds is 4. The predicted octanol–water partition coefficient (Wildman–Crippen LogP) is 2.97. The zero-order valence-corrected chi connectivity index (χ0v) is 10.1. The van der Waals surface area contributed by atoms with Crippen molar-refractivity contribution in [2.45, 2.75) is 26.7 Å². The fourth-order valence-corrected chi connectivity index (χ4v) is 1.67. The summed E-state index contributed by atoms with van der Waals surface area (Å²) in [5.41, 5.74) is 2.83. The van der Waals surface area contributed by atoms with E-state index in [1.165, 1.54) is 11.8 Å². The summed E-state index contributed by atoms with van der Waals surface area (Å²) in [5.74, 6) is 0.413. The van der Waals surface area contributed by atoms with E-state index in [0.29, 0.717) is 12.2 Å². The topological polar surface area (TPSA) is 43.1 Å². The second kappa shape index (κ2) is 4.95. The average molecular weight is 229 g/mol. The van der Waals surface area contributed by atoms with Crippen LogP contribution in [0.1, 0.15) is 34.3 Å². The van der Waals surface area contributed by atoms with E-state index in [9.17, 15) is 4.79 Å². The van der Waals surface area contributed by atoms with Gasteiger partial charge in [0.2, 0.25) is 5.78 Å². The lowest BCUT2D eigenvalue weighted by molar-refractivity contribution is 0.0964. The SMILES string of the molecule is CCc1ccc(CC(=O)c2occc2C)nc1. The summed E-state index contributed by atoms with van der Waals surface area (Å²) in [6, 6.07) is 5.69. The van der Waals surface area contributed by atoms with E-state index >= 15 is 0 Å². The molecule has 3 heteroatoms. The molecule has 0 atom stereocenters. The first-order valence-corrected chi connectivity index (χ1v) is 5.71. The molecular formula is C14H15NO2. The summed E-state index contributed by atoms with van der Waals surface area (Å²) in [6.07, 6.45) is 4.60. The van der Waals surface area contributed by atoms with Crippen LogP contribution in [0.15, 0.2) is 35.1 Å². The molecule has 0 radical (unpaired) electrons. The lowest BCUT2D eigenvalue weighted by Crippen LogP contribution is -2.05. The number of carbonyl (C=O) groups excluding carboxylic acids is 1. The van der Waals surface area contributed by atoms with Crippen LogP contribution in [-0.2, 0) is 12.8 Å². The van der Waals surface area contributed by atoms with Crippen LogP contribution in [0.4, 0.5) is 0 Å². The molecule has 0 unspecified atom stereocenters. The summed E-state index contributed by atoms with van der Waals surface area (Å²) in [6.45, 7) is 3.94. The molecule has 0 saturated carbocycles. The van der Waals surface area contributed by atoms with E-state index in [4.69, 9.17) is 4.42 Å². The molecule has 0 spiro atoms. The van der Waals surface area contributed by atoms with Crippen molar-refractivity contribution in [2.24, 2.45) is 0 Å². The van der Waals surface area contributed by atoms with Crippen molar-refractivity contribution in [3.8, 4) is 0 Å². The molecule has 0 aliphatic carbocycles. The molecule has 0 bridgehead atoms. The fraction of sp³-hybridized carbons (Fsp3) is 0.286. The van der Waals surface area contributed by atoms with Gasteiger partial charge in [-0.3, -0.25) is 9.78 Å². The molecule has 3 nitrogen and oxygen atoms in total. The fourth-order valence-electron chi connectivity index (χ4n) is 1.67. The highest BCUT2D eigenvalue weighted by atomic mass is 16.3. The van der Waals surface area contributed by atoms with E-state index in [1.807, 2.05) is 25.3 Å². The third-order valence-corrected chi connectivity index (χ3v) is 2.75. The minimum atomic E-state index is -0.0238. The molecule has 0 N–H and O–H groups in total.